The number of carbonyl (C=O) groups is 1. The van der Waals surface area contributed by atoms with Crippen molar-refractivity contribution in [3.8, 4) is 0 Å². The third kappa shape index (κ3) is 1.76. The van der Waals surface area contributed by atoms with Crippen molar-refractivity contribution in [2.45, 2.75) is 6.42 Å². The molecule has 1 aliphatic rings. The van der Waals surface area contributed by atoms with E-state index in [1.54, 1.807) is 6.20 Å². The summed E-state index contributed by atoms with van der Waals surface area (Å²) in [7, 11) is 1.38. The number of hydrogen-bond donors (Lipinski definition) is 0. The first-order chi connectivity index (χ1) is 4.83. The Labute approximate surface area is 60.3 Å². The van der Waals surface area contributed by atoms with Crippen molar-refractivity contribution in [1.29, 1.82) is 0 Å². The van der Waals surface area contributed by atoms with E-state index in [4.69, 9.17) is 0 Å². The van der Waals surface area contributed by atoms with Gasteiger partial charge in [-0.2, -0.15) is 0 Å². The lowest BCUT2D eigenvalue weighted by Gasteiger charge is -2.28. The van der Waals surface area contributed by atoms with Gasteiger partial charge in [0.1, 0.15) is 0 Å². The lowest BCUT2D eigenvalue weighted by Crippen LogP contribution is -2.32. The molecule has 0 spiro atoms. The number of rotatable bonds is 2. The molecule has 1 heterocycles. The molecule has 1 saturated heterocycles. The average Bonchev–Trinajstić information content (AvgIpc) is 1.84. The topological polar surface area (TPSA) is 29.5 Å². The van der Waals surface area contributed by atoms with Crippen LogP contribution in [0, 0.1) is 0 Å². The summed E-state index contributed by atoms with van der Waals surface area (Å²) in [5, 5.41) is 0. The molecule has 3 heteroatoms. The fourth-order valence-corrected chi connectivity index (χ4v) is 0.724. The molecule has 0 N–H and O–H groups in total. The van der Waals surface area contributed by atoms with Gasteiger partial charge < -0.3 is 9.64 Å². The third-order valence-electron chi connectivity index (χ3n) is 1.51. The second-order valence-corrected chi connectivity index (χ2v) is 2.23. The van der Waals surface area contributed by atoms with E-state index < -0.39 is 0 Å². The smallest absolute Gasteiger partial charge is 0.331 e. The molecular weight excluding hydrogens is 130 g/mol. The second kappa shape index (κ2) is 3.25. The highest BCUT2D eigenvalue weighted by Crippen LogP contribution is 2.04. The summed E-state index contributed by atoms with van der Waals surface area (Å²) in [4.78, 5) is 12.6. The maximum Gasteiger partial charge on any atom is 0.331 e. The van der Waals surface area contributed by atoms with Gasteiger partial charge in [-0.25, -0.2) is 4.79 Å². The molecule has 0 radical (unpaired) electrons. The fourth-order valence-electron chi connectivity index (χ4n) is 0.724. The molecule has 0 saturated carbocycles. The van der Waals surface area contributed by atoms with Crippen molar-refractivity contribution in [3.63, 3.8) is 0 Å². The van der Waals surface area contributed by atoms with Crippen LogP contribution in [0.15, 0.2) is 12.3 Å². The van der Waals surface area contributed by atoms with Crippen LogP contribution in [0.1, 0.15) is 6.42 Å². The highest BCUT2D eigenvalue weighted by atomic mass is 16.5. The predicted octanol–water partition coefficient (Wildman–Crippen LogP) is 0.379. The van der Waals surface area contributed by atoms with E-state index in [9.17, 15) is 4.79 Å². The first kappa shape index (κ1) is 7.12. The molecule has 1 rings (SSSR count). The lowest BCUT2D eigenvalue weighted by atomic mass is 10.2. The van der Waals surface area contributed by atoms with Crippen LogP contribution < -0.4 is 0 Å². The van der Waals surface area contributed by atoms with Crippen LogP contribution in [-0.2, 0) is 9.53 Å². The minimum absolute atomic E-state index is 0.285. The van der Waals surface area contributed by atoms with Crippen LogP contribution in [0.5, 0.6) is 0 Å². The number of likely N-dealkylation sites (tertiary alicyclic amines) is 1. The lowest BCUT2D eigenvalue weighted by molar-refractivity contribution is -0.134. The van der Waals surface area contributed by atoms with Crippen molar-refractivity contribution >= 4 is 5.97 Å². The van der Waals surface area contributed by atoms with Gasteiger partial charge in [0.25, 0.3) is 0 Å². The molecule has 0 bridgehead atoms. The molecule has 0 atom stereocenters. The molecular formula is C7H11NO2. The second-order valence-electron chi connectivity index (χ2n) is 2.23. The third-order valence-corrected chi connectivity index (χ3v) is 1.51. The summed E-state index contributed by atoms with van der Waals surface area (Å²) in [5.74, 6) is -0.285. The number of carbonyl (C=O) groups excluding carboxylic acids is 1. The summed E-state index contributed by atoms with van der Waals surface area (Å²) >= 11 is 0. The molecule has 56 valence electrons. The SMILES string of the molecule is COC(=O)/C=C/N1CCC1. The molecule has 0 aromatic heterocycles. The summed E-state index contributed by atoms with van der Waals surface area (Å²) in [5.41, 5.74) is 0. The summed E-state index contributed by atoms with van der Waals surface area (Å²) in [6.45, 7) is 2.13. The average molecular weight is 141 g/mol. The van der Waals surface area contributed by atoms with Crippen molar-refractivity contribution in [3.05, 3.63) is 12.3 Å². The van der Waals surface area contributed by atoms with Gasteiger partial charge >= 0.3 is 5.97 Å². The van der Waals surface area contributed by atoms with Gasteiger partial charge in [-0.05, 0) is 6.42 Å². The van der Waals surface area contributed by atoms with Gasteiger partial charge in [0.05, 0.1) is 7.11 Å². The molecule has 0 aliphatic carbocycles. The van der Waals surface area contributed by atoms with E-state index in [0.717, 1.165) is 13.1 Å². The largest absolute Gasteiger partial charge is 0.466 e. The molecule has 1 aliphatic heterocycles. The summed E-state index contributed by atoms with van der Waals surface area (Å²) in [6.07, 6.45) is 4.44. The zero-order chi connectivity index (χ0) is 7.40. The normalized spacial score (nSPS) is 17.1. The van der Waals surface area contributed by atoms with Crippen LogP contribution in [-0.4, -0.2) is 31.1 Å². The van der Waals surface area contributed by atoms with E-state index in [1.807, 2.05) is 0 Å². The van der Waals surface area contributed by atoms with Crippen molar-refractivity contribution in [2.75, 3.05) is 20.2 Å². The van der Waals surface area contributed by atoms with Gasteiger partial charge in [-0.15, -0.1) is 0 Å². The highest BCUT2D eigenvalue weighted by Gasteiger charge is 2.08. The van der Waals surface area contributed by atoms with Gasteiger partial charge in [-0.1, -0.05) is 0 Å². The zero-order valence-electron chi connectivity index (χ0n) is 6.04. The first-order valence-corrected chi connectivity index (χ1v) is 3.33. The number of methoxy groups -OCH3 is 1. The van der Waals surface area contributed by atoms with Crippen molar-refractivity contribution < 1.29 is 9.53 Å². The predicted molar refractivity (Wildman–Crippen MR) is 37.3 cm³/mol. The highest BCUT2D eigenvalue weighted by molar-refractivity contribution is 5.81. The Kier molecular flexibility index (Phi) is 2.31. The zero-order valence-corrected chi connectivity index (χ0v) is 6.04. The van der Waals surface area contributed by atoms with Crippen molar-refractivity contribution in [2.24, 2.45) is 0 Å². The quantitative estimate of drug-likeness (QED) is 0.411. The number of ether oxygens (including phenoxy) is 1. The monoisotopic (exact) mass is 141 g/mol. The Bertz CT molecular complexity index is 150. The van der Waals surface area contributed by atoms with Crippen LogP contribution in [0.2, 0.25) is 0 Å². The molecule has 0 aromatic carbocycles. The Hall–Kier alpha value is -0.990. The van der Waals surface area contributed by atoms with Gasteiger partial charge in [-0.3, -0.25) is 0 Å². The molecule has 10 heavy (non-hydrogen) atoms. The maximum atomic E-state index is 10.5. The van der Waals surface area contributed by atoms with Gasteiger partial charge in [0.2, 0.25) is 0 Å². The van der Waals surface area contributed by atoms with E-state index in [2.05, 4.69) is 9.64 Å². The van der Waals surface area contributed by atoms with E-state index >= 15 is 0 Å². The first-order valence-electron chi connectivity index (χ1n) is 3.33. The Morgan fingerprint density at radius 2 is 2.30 bits per heavy atom. The Morgan fingerprint density at radius 1 is 1.60 bits per heavy atom. The van der Waals surface area contributed by atoms with Crippen LogP contribution in [0.3, 0.4) is 0 Å². The minimum Gasteiger partial charge on any atom is -0.466 e. The summed E-state index contributed by atoms with van der Waals surface area (Å²) < 4.78 is 4.42. The number of hydrogen-bond acceptors (Lipinski definition) is 3. The summed E-state index contributed by atoms with van der Waals surface area (Å²) in [6, 6.07) is 0. The fraction of sp³-hybridized carbons (Fsp3) is 0.571. The molecule has 0 aromatic rings. The standard InChI is InChI=1S/C7H11NO2/c1-10-7(9)3-6-8-4-2-5-8/h3,6H,2,4-5H2,1H3/b6-3+. The minimum atomic E-state index is -0.285. The molecule has 0 unspecified atom stereocenters. The number of nitrogens with zero attached hydrogens (tertiary/aromatic N) is 1. The van der Waals surface area contributed by atoms with Crippen LogP contribution >= 0.6 is 0 Å². The van der Waals surface area contributed by atoms with Gasteiger partial charge in [0.15, 0.2) is 0 Å². The molecule has 0 amide bonds. The van der Waals surface area contributed by atoms with Crippen LogP contribution in [0.25, 0.3) is 0 Å². The van der Waals surface area contributed by atoms with Gasteiger partial charge in [0, 0.05) is 25.4 Å². The Morgan fingerprint density at radius 3 is 2.70 bits per heavy atom. The van der Waals surface area contributed by atoms with E-state index in [0.29, 0.717) is 0 Å². The molecule has 3 nitrogen and oxygen atoms in total. The molecule has 1 fully saturated rings. The maximum absolute atomic E-state index is 10.5. The number of esters is 1. The van der Waals surface area contributed by atoms with Crippen LogP contribution in [0.4, 0.5) is 0 Å². The Balaban J connectivity index is 2.21. The van der Waals surface area contributed by atoms with E-state index in [-0.39, 0.29) is 5.97 Å². The van der Waals surface area contributed by atoms with E-state index in [1.165, 1.54) is 19.6 Å². The van der Waals surface area contributed by atoms with Crippen molar-refractivity contribution in [1.82, 2.24) is 4.90 Å².